The van der Waals surface area contributed by atoms with Gasteiger partial charge in [-0.05, 0) is 49.7 Å². The zero-order valence-electron chi connectivity index (χ0n) is 21.7. The maximum atomic E-state index is 13.5. The van der Waals surface area contributed by atoms with Crippen LogP contribution in [0.4, 0.5) is 5.69 Å². The molecule has 0 bridgehead atoms. The second-order valence-corrected chi connectivity index (χ2v) is 8.98. The lowest BCUT2D eigenvalue weighted by atomic mass is 10.1. The number of nitrogens with one attached hydrogen (secondary N) is 1. The number of carbonyl (C=O) groups is 1. The van der Waals surface area contributed by atoms with Crippen LogP contribution in [-0.2, 0) is 22.6 Å². The van der Waals surface area contributed by atoms with Crippen molar-refractivity contribution in [1.82, 2.24) is 19.1 Å². The van der Waals surface area contributed by atoms with Crippen LogP contribution in [0.2, 0.25) is 0 Å². The lowest BCUT2D eigenvalue weighted by Crippen LogP contribution is -2.51. The molecule has 0 amide bonds. The molecule has 196 valence electrons. The number of H-pyrrole nitrogens is 1. The highest BCUT2D eigenvalue weighted by molar-refractivity contribution is 5.71. The fourth-order valence-corrected chi connectivity index (χ4v) is 3.80. The highest BCUT2D eigenvalue weighted by Gasteiger charge is 2.18. The Hall–Kier alpha value is -4.73. The molecule has 1 atom stereocenters. The number of pyridine rings is 1. The van der Waals surface area contributed by atoms with Crippen LogP contribution in [0.5, 0.6) is 11.5 Å². The van der Waals surface area contributed by atoms with E-state index >= 15 is 0 Å². The number of hydrogen-bond acceptors (Lipinski definition) is 7. The normalized spacial score (nSPS) is 12.3. The molecule has 0 spiro atoms. The van der Waals surface area contributed by atoms with E-state index in [1.807, 2.05) is 44.2 Å². The maximum Gasteiger partial charge on any atom is 0.335 e. The third-order valence-electron chi connectivity index (χ3n) is 5.88. The second-order valence-electron chi connectivity index (χ2n) is 8.98. The molecule has 10 heteroatoms. The van der Waals surface area contributed by atoms with Crippen molar-refractivity contribution in [3.63, 3.8) is 0 Å². The van der Waals surface area contributed by atoms with Crippen molar-refractivity contribution in [2.24, 2.45) is 10.9 Å². The Bertz CT molecular complexity index is 1620. The lowest BCUT2D eigenvalue weighted by Gasteiger charge is -2.14. The summed E-state index contributed by atoms with van der Waals surface area (Å²) < 4.78 is 13.0. The van der Waals surface area contributed by atoms with Crippen LogP contribution < -0.4 is 21.7 Å². The Kier molecular flexibility index (Phi) is 8.00. The molecule has 10 nitrogen and oxygen atoms in total. The summed E-state index contributed by atoms with van der Waals surface area (Å²) in [5.74, 6) is 0.0561. The largest absolute Gasteiger partial charge is 0.469 e. The van der Waals surface area contributed by atoms with Gasteiger partial charge in [0.1, 0.15) is 11.5 Å². The summed E-state index contributed by atoms with van der Waals surface area (Å²) in [4.78, 5) is 49.7. The molecule has 38 heavy (non-hydrogen) atoms. The first-order chi connectivity index (χ1) is 18.2. The van der Waals surface area contributed by atoms with Gasteiger partial charge in [-0.15, -0.1) is 0 Å². The minimum Gasteiger partial charge on any atom is -0.469 e. The average molecular weight is 516 g/mol. The summed E-state index contributed by atoms with van der Waals surface area (Å²) in [6.45, 7) is 5.49. The molecule has 0 unspecified atom stereocenters. The van der Waals surface area contributed by atoms with Gasteiger partial charge in [0, 0.05) is 24.5 Å². The van der Waals surface area contributed by atoms with Crippen LogP contribution in [0.15, 0.2) is 81.4 Å². The Morgan fingerprint density at radius 3 is 2.37 bits per heavy atom. The fourth-order valence-electron chi connectivity index (χ4n) is 3.80. The summed E-state index contributed by atoms with van der Waals surface area (Å²) in [7, 11) is 1.26. The Labute approximate surface area is 218 Å². The van der Waals surface area contributed by atoms with Crippen molar-refractivity contribution in [3.05, 3.63) is 110 Å². The molecule has 2 aromatic heterocycles. The van der Waals surface area contributed by atoms with Crippen LogP contribution in [0, 0.1) is 19.8 Å². The standard InChI is InChI=1S/C28H29N5O5/c1-18-5-7-21(8-6-18)17-32-26(31-27(35)33(28(32)36)16-19(2)25(34)37-4)30-22-9-11-23(12-10-22)38-24-13-14-29-20(3)15-24/h5-15,19H,16-17H2,1-4H3,(H,30,31,35)/t19-/m0/s1. The summed E-state index contributed by atoms with van der Waals surface area (Å²) >= 11 is 0. The topological polar surface area (TPSA) is 121 Å². The summed E-state index contributed by atoms with van der Waals surface area (Å²) in [6, 6.07) is 18.2. The third-order valence-corrected chi connectivity index (χ3v) is 5.88. The summed E-state index contributed by atoms with van der Waals surface area (Å²) in [6.07, 6.45) is 1.67. The number of methoxy groups -OCH3 is 1. The van der Waals surface area contributed by atoms with E-state index < -0.39 is 23.3 Å². The Morgan fingerprint density at radius 1 is 1.00 bits per heavy atom. The quantitative estimate of drug-likeness (QED) is 0.360. The van der Waals surface area contributed by atoms with Crippen LogP contribution in [0.25, 0.3) is 0 Å². The van der Waals surface area contributed by atoms with E-state index in [0.29, 0.717) is 17.2 Å². The molecule has 0 saturated heterocycles. The number of esters is 1. The van der Waals surface area contributed by atoms with E-state index in [1.54, 1.807) is 43.5 Å². The molecule has 0 aliphatic carbocycles. The first-order valence-electron chi connectivity index (χ1n) is 12.1. The van der Waals surface area contributed by atoms with Crippen molar-refractivity contribution in [2.75, 3.05) is 7.11 Å². The molecule has 0 fully saturated rings. The van der Waals surface area contributed by atoms with E-state index in [9.17, 15) is 14.4 Å². The van der Waals surface area contributed by atoms with Crippen LogP contribution in [-0.4, -0.2) is 32.2 Å². The number of carbonyl (C=O) groups excluding carboxylic acids is 1. The van der Waals surface area contributed by atoms with E-state index in [2.05, 4.69) is 15.0 Å². The molecule has 4 aromatic rings. The number of ether oxygens (including phenoxy) is 2. The molecular weight excluding hydrogens is 486 g/mol. The van der Waals surface area contributed by atoms with E-state index in [-0.39, 0.29) is 18.7 Å². The highest BCUT2D eigenvalue weighted by Crippen LogP contribution is 2.23. The van der Waals surface area contributed by atoms with Crippen molar-refractivity contribution in [1.29, 1.82) is 0 Å². The van der Waals surface area contributed by atoms with Gasteiger partial charge < -0.3 is 9.47 Å². The monoisotopic (exact) mass is 515 g/mol. The molecule has 0 aliphatic rings. The van der Waals surface area contributed by atoms with Gasteiger partial charge in [0.15, 0.2) is 0 Å². The van der Waals surface area contributed by atoms with Gasteiger partial charge in [-0.1, -0.05) is 36.8 Å². The van der Waals surface area contributed by atoms with Crippen LogP contribution >= 0.6 is 0 Å². The Morgan fingerprint density at radius 2 is 1.71 bits per heavy atom. The SMILES string of the molecule is COC(=O)[C@@H](C)Cn1c(=O)[nH]/c(=N\c2ccc(Oc3ccnc(C)c3)cc2)n(Cc2ccc(C)cc2)c1=O. The predicted molar refractivity (Wildman–Crippen MR) is 141 cm³/mol. The van der Waals surface area contributed by atoms with Gasteiger partial charge in [-0.3, -0.25) is 19.3 Å². The first-order valence-corrected chi connectivity index (χ1v) is 12.1. The first kappa shape index (κ1) is 26.3. The van der Waals surface area contributed by atoms with Crippen molar-refractivity contribution in [2.45, 2.75) is 33.9 Å². The predicted octanol–water partition coefficient (Wildman–Crippen LogP) is 3.23. The van der Waals surface area contributed by atoms with E-state index in [0.717, 1.165) is 21.4 Å². The summed E-state index contributed by atoms with van der Waals surface area (Å²) in [5, 5.41) is 0. The molecule has 0 radical (unpaired) electrons. The van der Waals surface area contributed by atoms with Crippen molar-refractivity contribution < 1.29 is 14.3 Å². The van der Waals surface area contributed by atoms with Gasteiger partial charge in [-0.2, -0.15) is 0 Å². The van der Waals surface area contributed by atoms with Gasteiger partial charge in [0.25, 0.3) is 0 Å². The molecule has 0 aliphatic heterocycles. The average Bonchev–Trinajstić information content (AvgIpc) is 2.90. The van der Waals surface area contributed by atoms with Crippen molar-refractivity contribution >= 4 is 11.7 Å². The minimum absolute atomic E-state index is 0.0842. The molecule has 0 saturated carbocycles. The highest BCUT2D eigenvalue weighted by atomic mass is 16.5. The molecule has 1 N–H and O–H groups in total. The van der Waals surface area contributed by atoms with Crippen LogP contribution in [0.1, 0.15) is 23.7 Å². The Balaban J connectivity index is 1.73. The van der Waals surface area contributed by atoms with E-state index in [4.69, 9.17) is 9.47 Å². The molecule has 2 aromatic carbocycles. The zero-order chi connectivity index (χ0) is 27.2. The number of benzene rings is 2. The number of nitrogens with zero attached hydrogens (tertiary/aromatic N) is 4. The molecular formula is C28H29N5O5. The number of aromatic nitrogens is 4. The number of rotatable bonds is 8. The van der Waals surface area contributed by atoms with Gasteiger partial charge in [0.2, 0.25) is 5.62 Å². The maximum absolute atomic E-state index is 13.5. The summed E-state index contributed by atoms with van der Waals surface area (Å²) in [5.41, 5.74) is 2.11. The van der Waals surface area contributed by atoms with E-state index in [1.165, 1.54) is 11.7 Å². The second kappa shape index (κ2) is 11.5. The number of hydrogen-bond donors (Lipinski definition) is 1. The molecule has 4 rings (SSSR count). The van der Waals surface area contributed by atoms with Crippen molar-refractivity contribution in [3.8, 4) is 11.5 Å². The lowest BCUT2D eigenvalue weighted by molar-refractivity contribution is -0.145. The zero-order valence-corrected chi connectivity index (χ0v) is 21.7. The fraction of sp³-hybridized carbons (Fsp3) is 0.250. The number of aryl methyl sites for hydroxylation is 2. The van der Waals surface area contributed by atoms with Gasteiger partial charge in [0.05, 0.1) is 25.3 Å². The van der Waals surface area contributed by atoms with Crippen LogP contribution in [0.3, 0.4) is 0 Å². The minimum atomic E-state index is -0.689. The van der Waals surface area contributed by atoms with Gasteiger partial charge in [-0.25, -0.2) is 19.1 Å². The molecule has 2 heterocycles. The number of aromatic amines is 1. The smallest absolute Gasteiger partial charge is 0.335 e. The van der Waals surface area contributed by atoms with Gasteiger partial charge >= 0.3 is 17.3 Å². The third kappa shape index (κ3) is 6.33.